The molecular formula is C12H20Br3N2O10P3Te. The fraction of sp³-hybridized carbons (Fsp3) is 0.667. The Labute approximate surface area is 216 Å². The van der Waals surface area contributed by atoms with Gasteiger partial charge < -0.3 is 0 Å². The van der Waals surface area contributed by atoms with Crippen LogP contribution in [0.5, 0.6) is 0 Å². The molecule has 180 valence electrons. The Morgan fingerprint density at radius 3 is 2.42 bits per heavy atom. The summed E-state index contributed by atoms with van der Waals surface area (Å²) in [5.41, 5.74) is -1.13. The number of hydrogen-bond donors (Lipinski definition) is 5. The molecule has 2 rings (SSSR count). The van der Waals surface area contributed by atoms with Gasteiger partial charge in [0.15, 0.2) is 0 Å². The molecule has 0 bridgehead atoms. The fourth-order valence-corrected chi connectivity index (χ4v) is 11.7. The molecule has 3 unspecified atom stereocenters. The topological polar surface area (TPSA) is 173 Å². The van der Waals surface area contributed by atoms with Crippen molar-refractivity contribution in [1.29, 1.82) is 0 Å². The molecule has 1 aromatic rings. The monoisotopic (exact) mass is 812 g/mol. The number of hydrogen-bond acceptors (Lipinski definition) is 10. The van der Waals surface area contributed by atoms with Crippen molar-refractivity contribution in [3.8, 4) is 0 Å². The van der Waals surface area contributed by atoms with Gasteiger partial charge in [0.2, 0.25) is 0 Å². The molecule has 2 heterocycles. The molecule has 0 aromatic carbocycles. The van der Waals surface area contributed by atoms with E-state index in [1.165, 1.54) is 16.8 Å². The summed E-state index contributed by atoms with van der Waals surface area (Å²) in [4.78, 5) is 61.9. The summed E-state index contributed by atoms with van der Waals surface area (Å²) in [7, 11) is -8.11. The molecule has 5 N–H and O–H groups in total. The van der Waals surface area contributed by atoms with Crippen LogP contribution in [0.4, 0.5) is 0 Å². The number of aromatic amines is 1. The summed E-state index contributed by atoms with van der Waals surface area (Å²) in [6.07, 6.45) is 0.685. The average molecular weight is 813 g/mol. The van der Waals surface area contributed by atoms with Crippen LogP contribution in [0.3, 0.4) is 0 Å². The maximum atomic E-state index is 12.2. The Morgan fingerprint density at radius 1 is 1.23 bits per heavy atom. The molecule has 1 fully saturated rings. The van der Waals surface area contributed by atoms with Gasteiger partial charge in [0.1, 0.15) is 0 Å². The van der Waals surface area contributed by atoms with Crippen molar-refractivity contribution in [1.82, 2.24) is 9.55 Å². The second-order valence-electron chi connectivity index (χ2n) is 5.19. The van der Waals surface area contributed by atoms with Gasteiger partial charge in [0.05, 0.1) is 0 Å². The van der Waals surface area contributed by atoms with E-state index in [-0.39, 0.29) is 10.6 Å². The van der Waals surface area contributed by atoms with Crippen molar-refractivity contribution < 1.29 is 37.5 Å². The van der Waals surface area contributed by atoms with E-state index in [0.29, 0.717) is 6.42 Å². The number of aromatic nitrogens is 2. The number of nitrogens with zero attached hydrogens (tertiary/aromatic N) is 1. The van der Waals surface area contributed by atoms with Gasteiger partial charge in [0, 0.05) is 0 Å². The quantitative estimate of drug-likeness (QED) is 0.142. The van der Waals surface area contributed by atoms with E-state index >= 15 is 0 Å². The number of H-pyrrole nitrogens is 1. The summed E-state index contributed by atoms with van der Waals surface area (Å²) in [5, 5.41) is 0. The maximum absolute atomic E-state index is 12.2. The molecule has 12 nitrogen and oxygen atoms in total. The van der Waals surface area contributed by atoms with Crippen LogP contribution in [0.15, 0.2) is 21.9 Å². The zero-order valence-electron chi connectivity index (χ0n) is 15.9. The van der Waals surface area contributed by atoms with Gasteiger partial charge >= 0.3 is 204 Å². The summed E-state index contributed by atoms with van der Waals surface area (Å²) >= 11 is 9.54. The van der Waals surface area contributed by atoms with Crippen LogP contribution in [-0.4, -0.2) is 62.9 Å². The van der Waals surface area contributed by atoms with E-state index < -0.39 is 70.5 Å². The van der Waals surface area contributed by atoms with E-state index in [9.17, 15) is 19.4 Å². The van der Waals surface area contributed by atoms with E-state index in [0.717, 1.165) is 0 Å². The second-order valence-corrected chi connectivity index (χ2v) is 24.0. The molecule has 0 radical (unpaired) electrons. The summed E-state index contributed by atoms with van der Waals surface area (Å²) in [6, 6.07) is 1.22. The van der Waals surface area contributed by atoms with Crippen molar-refractivity contribution in [3.63, 3.8) is 0 Å². The Kier molecular flexibility index (Phi) is 15.0. The van der Waals surface area contributed by atoms with Crippen LogP contribution in [0.25, 0.3) is 0 Å². The van der Waals surface area contributed by atoms with Crippen molar-refractivity contribution >= 4 is 94.5 Å². The first-order valence-electron chi connectivity index (χ1n) is 8.31. The third-order valence-corrected chi connectivity index (χ3v) is 12.4. The summed E-state index contributed by atoms with van der Waals surface area (Å²) in [6.45, 7) is 3.89. The van der Waals surface area contributed by atoms with Gasteiger partial charge in [-0.2, -0.15) is 0 Å². The van der Waals surface area contributed by atoms with E-state index in [1.807, 2.05) is 13.8 Å². The minimum atomic E-state index is -2.84. The molecular weight excluding hydrogens is 792 g/mol. The molecule has 0 saturated carbocycles. The summed E-state index contributed by atoms with van der Waals surface area (Å²) in [5.74, 6) is 0. The van der Waals surface area contributed by atoms with Crippen LogP contribution in [0.1, 0.15) is 26.5 Å². The van der Waals surface area contributed by atoms with Crippen molar-refractivity contribution in [2.75, 3.05) is 6.61 Å². The van der Waals surface area contributed by atoms with Crippen LogP contribution in [0.2, 0.25) is 3.97 Å². The predicted molar refractivity (Wildman–Crippen MR) is 128 cm³/mol. The van der Waals surface area contributed by atoms with Crippen LogP contribution >= 0.6 is 73.6 Å². The van der Waals surface area contributed by atoms with Gasteiger partial charge in [-0.05, 0) is 0 Å². The SMILES string of the molecule is CC.O=c1ccn(C2O[C@H](COP(O)OP(O)OP(O)O)C[C@@H]2[Te]C(Br)(Br)Br)c(=O)[nH]1. The Morgan fingerprint density at radius 2 is 1.87 bits per heavy atom. The van der Waals surface area contributed by atoms with E-state index in [1.54, 1.807) is 0 Å². The number of nitrogens with one attached hydrogen (secondary N) is 1. The zero-order valence-corrected chi connectivity index (χ0v) is 25.6. The zero-order chi connectivity index (χ0) is 23.8. The second kappa shape index (κ2) is 15.1. The average Bonchev–Trinajstić information content (AvgIpc) is 3.01. The molecule has 31 heavy (non-hydrogen) atoms. The van der Waals surface area contributed by atoms with Crippen LogP contribution < -0.4 is 11.2 Å². The van der Waals surface area contributed by atoms with Crippen LogP contribution in [-0.2, 0) is 17.9 Å². The third kappa shape index (κ3) is 11.9. The van der Waals surface area contributed by atoms with Gasteiger partial charge in [0.25, 0.3) is 0 Å². The fourth-order valence-electron chi connectivity index (χ4n) is 2.28. The molecule has 1 aliphatic heterocycles. The number of halogens is 3. The summed E-state index contributed by atoms with van der Waals surface area (Å²) < 4.78 is 20.6. The molecule has 0 aliphatic carbocycles. The van der Waals surface area contributed by atoms with E-state index in [4.69, 9.17) is 19.0 Å². The van der Waals surface area contributed by atoms with Gasteiger partial charge in [-0.3, -0.25) is 0 Å². The number of ether oxygens (including phenoxy) is 1. The number of rotatable bonds is 9. The van der Waals surface area contributed by atoms with Gasteiger partial charge in [-0.25, -0.2) is 0 Å². The Bertz CT molecular complexity index is 785. The van der Waals surface area contributed by atoms with Crippen LogP contribution in [0, 0.1) is 0 Å². The molecule has 5 atom stereocenters. The molecule has 0 spiro atoms. The predicted octanol–water partition coefficient (Wildman–Crippen LogP) is 2.84. The molecule has 1 aliphatic rings. The molecule has 0 amide bonds. The first-order chi connectivity index (χ1) is 14.4. The standard InChI is InChI=1S/C10H14Br3N2O10P3Te.C2H6/c11-10(12,13)29-6-3-5(4-22-27(20)25-28(21)24-26(18)19)23-8(6)15-2-1-7(16)14-9(15)17;1-2/h1-2,5-6,8,18-21H,3-4H2,(H,14,16,17);1-2H3/t5-,6-,8?,27?,28?;/m0./s1. The first kappa shape index (κ1) is 30.9. The van der Waals surface area contributed by atoms with Crippen molar-refractivity contribution in [2.45, 2.75) is 36.8 Å². The first-order valence-corrected chi connectivity index (χ1v) is 16.6. The van der Waals surface area contributed by atoms with Crippen molar-refractivity contribution in [3.05, 3.63) is 33.1 Å². The Balaban J connectivity index is 0.00000233. The van der Waals surface area contributed by atoms with Crippen molar-refractivity contribution in [2.24, 2.45) is 0 Å². The molecule has 1 saturated heterocycles. The van der Waals surface area contributed by atoms with E-state index in [2.05, 4.69) is 61.4 Å². The molecule has 19 heteroatoms. The normalized spacial score (nSPS) is 23.4. The van der Waals surface area contributed by atoms with Gasteiger partial charge in [-0.1, -0.05) is 13.8 Å². The Hall–Kier alpha value is 1.88. The third-order valence-electron chi connectivity index (χ3n) is 3.21. The number of alkyl halides is 3. The minimum absolute atomic E-state index is 0.0628. The van der Waals surface area contributed by atoms with Gasteiger partial charge in [-0.15, -0.1) is 0 Å². The molecule has 1 aromatic heterocycles.